The summed E-state index contributed by atoms with van der Waals surface area (Å²) in [4.78, 5) is 2.44. The van der Waals surface area contributed by atoms with Crippen molar-refractivity contribution < 1.29 is 0 Å². The summed E-state index contributed by atoms with van der Waals surface area (Å²) in [5.41, 5.74) is 22.4. The second kappa shape index (κ2) is 16.9. The molecule has 2 aliphatic carbocycles. The molecule has 11 aromatic carbocycles. The maximum absolute atomic E-state index is 2.47. The van der Waals surface area contributed by atoms with E-state index < -0.39 is 10.8 Å². The van der Waals surface area contributed by atoms with Crippen LogP contribution in [0.5, 0.6) is 0 Å². The van der Waals surface area contributed by atoms with Crippen LogP contribution in [0.3, 0.4) is 0 Å². The molecule has 12 aromatic rings. The third kappa shape index (κ3) is 6.39. The quantitative estimate of drug-likeness (QED) is 0.139. The van der Waals surface area contributed by atoms with Crippen LogP contribution in [0.1, 0.15) is 44.5 Å². The molecule has 0 saturated heterocycles. The third-order valence-electron chi connectivity index (χ3n) is 15.5. The first-order valence-corrected chi connectivity index (χ1v) is 25.8. The third-order valence-corrected chi connectivity index (χ3v) is 16.4. The predicted molar refractivity (Wildman–Crippen MR) is 302 cm³/mol. The van der Waals surface area contributed by atoms with Crippen molar-refractivity contribution in [2.75, 3.05) is 4.90 Å². The second-order valence-electron chi connectivity index (χ2n) is 19.1. The molecular weight excluding hydrogens is 887 g/mol. The van der Waals surface area contributed by atoms with E-state index in [-0.39, 0.29) is 0 Å². The van der Waals surface area contributed by atoms with Crippen molar-refractivity contribution in [3.63, 3.8) is 0 Å². The summed E-state index contributed by atoms with van der Waals surface area (Å²) in [7, 11) is 0. The Morgan fingerprint density at radius 1 is 0.264 bits per heavy atom. The lowest BCUT2D eigenvalue weighted by Crippen LogP contribution is -2.28. The highest BCUT2D eigenvalue weighted by molar-refractivity contribution is 7.17. The fourth-order valence-electron chi connectivity index (χ4n) is 12.4. The van der Waals surface area contributed by atoms with E-state index >= 15 is 0 Å². The maximum atomic E-state index is 2.47. The molecule has 0 aliphatic heterocycles. The molecule has 1 aromatic heterocycles. The lowest BCUT2D eigenvalue weighted by molar-refractivity contribution is 0.768. The van der Waals surface area contributed by atoms with Crippen LogP contribution in [0, 0.1) is 0 Å². The van der Waals surface area contributed by atoms with Crippen LogP contribution in [-0.2, 0) is 10.8 Å². The minimum Gasteiger partial charge on any atom is -0.310 e. The molecule has 0 bridgehead atoms. The molecule has 0 amide bonds. The number of anilines is 3. The smallest absolute Gasteiger partial charge is 0.0714 e. The molecule has 0 atom stereocenters. The van der Waals surface area contributed by atoms with Crippen LogP contribution >= 0.6 is 11.3 Å². The monoisotopic (exact) mass is 933 g/mol. The Bertz CT molecular complexity index is 3870. The highest BCUT2D eigenvalue weighted by atomic mass is 32.1. The van der Waals surface area contributed by atoms with Crippen molar-refractivity contribution >= 4 is 38.5 Å². The largest absolute Gasteiger partial charge is 0.310 e. The normalized spacial score (nSPS) is 13.5. The molecule has 2 aliphatic rings. The molecule has 0 radical (unpaired) electrons. The molecule has 0 fully saturated rings. The molecule has 0 spiro atoms. The van der Waals surface area contributed by atoms with Gasteiger partial charge in [-0.1, -0.05) is 224 Å². The molecule has 1 heterocycles. The molecule has 0 unspecified atom stereocenters. The van der Waals surface area contributed by atoms with Gasteiger partial charge in [0.2, 0.25) is 0 Å². The van der Waals surface area contributed by atoms with Gasteiger partial charge >= 0.3 is 0 Å². The lowest BCUT2D eigenvalue weighted by Gasteiger charge is -2.35. The van der Waals surface area contributed by atoms with E-state index in [4.69, 9.17) is 0 Å². The van der Waals surface area contributed by atoms with E-state index in [1.807, 2.05) is 0 Å². The van der Waals surface area contributed by atoms with Gasteiger partial charge in [0.05, 0.1) is 10.8 Å². The Morgan fingerprint density at radius 3 is 1.14 bits per heavy atom. The molecule has 14 rings (SSSR count). The Morgan fingerprint density at radius 2 is 0.639 bits per heavy atom. The SMILES string of the molecule is c1ccc(C2(c3ccccc3)c3ccccc3-c3ccc(-c4ccc(N(c5ccc(-c6ccc7ccsc7c6)cc5)c5ccc6c(c5)C(c5ccccc5)(c5ccccc5)c5ccccc5-6)cc4)cc32)cc1. The highest BCUT2D eigenvalue weighted by Crippen LogP contribution is 2.59. The first kappa shape index (κ1) is 42.1. The molecular formula is C70H47NS. The van der Waals surface area contributed by atoms with Gasteiger partial charge < -0.3 is 4.90 Å². The van der Waals surface area contributed by atoms with E-state index in [9.17, 15) is 0 Å². The van der Waals surface area contributed by atoms with Gasteiger partial charge in [-0.3, -0.25) is 0 Å². The van der Waals surface area contributed by atoms with E-state index in [0.717, 1.165) is 17.1 Å². The first-order chi connectivity index (χ1) is 35.7. The zero-order valence-electron chi connectivity index (χ0n) is 39.5. The Balaban J connectivity index is 0.929. The number of nitrogens with zero attached hydrogens (tertiary/aromatic N) is 1. The predicted octanol–water partition coefficient (Wildman–Crippen LogP) is 18.4. The fraction of sp³-hybridized carbons (Fsp3) is 0.0286. The average molecular weight is 934 g/mol. The number of hydrogen-bond donors (Lipinski definition) is 0. The number of fused-ring (bicyclic) bond motifs is 7. The molecule has 0 saturated carbocycles. The minimum atomic E-state index is -0.522. The molecule has 0 N–H and O–H groups in total. The summed E-state index contributed by atoms with van der Waals surface area (Å²) in [6.45, 7) is 0. The Hall–Kier alpha value is -8.82. The standard InChI is InChI=1S/C70H47NS/c1-5-17-53(18-6-1)69(54-19-7-2-8-20-54)64-27-15-13-25-60(64)62-41-35-51(45-66(62)69)48-31-36-57(37-32-48)71(58-38-33-49(34-39-58)52-30-29-50-43-44-72-68(50)46-52)59-40-42-63-61-26-14-16-28-65(61)70(67(63)47-59,55-21-9-3-10-22-55)56-23-11-4-12-24-56/h1-47H. The maximum Gasteiger partial charge on any atom is 0.0714 e. The van der Waals surface area contributed by atoms with Gasteiger partial charge in [-0.05, 0) is 154 Å². The molecule has 1 nitrogen and oxygen atoms in total. The van der Waals surface area contributed by atoms with Gasteiger partial charge in [-0.2, -0.15) is 0 Å². The topological polar surface area (TPSA) is 3.24 Å². The van der Waals surface area contributed by atoms with E-state index in [0.29, 0.717) is 0 Å². The van der Waals surface area contributed by atoms with Crippen molar-refractivity contribution in [1.82, 2.24) is 0 Å². The van der Waals surface area contributed by atoms with Crippen molar-refractivity contribution in [1.29, 1.82) is 0 Å². The van der Waals surface area contributed by atoms with Gasteiger partial charge in [-0.15, -0.1) is 11.3 Å². The van der Waals surface area contributed by atoms with Crippen molar-refractivity contribution in [3.8, 4) is 44.5 Å². The van der Waals surface area contributed by atoms with Gasteiger partial charge in [0.1, 0.15) is 0 Å². The van der Waals surface area contributed by atoms with Gasteiger partial charge in [-0.25, -0.2) is 0 Å². The van der Waals surface area contributed by atoms with Crippen LogP contribution in [0.2, 0.25) is 0 Å². The van der Waals surface area contributed by atoms with Crippen LogP contribution in [0.25, 0.3) is 54.6 Å². The zero-order chi connectivity index (χ0) is 47.6. The number of thiophene rings is 1. The van der Waals surface area contributed by atoms with Gasteiger partial charge in [0, 0.05) is 21.8 Å². The van der Waals surface area contributed by atoms with E-state index in [2.05, 4.69) is 289 Å². The lowest BCUT2D eigenvalue weighted by atomic mass is 9.67. The second-order valence-corrected chi connectivity index (χ2v) is 20.1. The Labute approximate surface area is 425 Å². The molecule has 72 heavy (non-hydrogen) atoms. The number of hydrogen-bond acceptors (Lipinski definition) is 2. The fourth-order valence-corrected chi connectivity index (χ4v) is 13.2. The number of rotatable bonds is 9. The van der Waals surface area contributed by atoms with Gasteiger partial charge in [0.15, 0.2) is 0 Å². The van der Waals surface area contributed by atoms with Gasteiger partial charge in [0.25, 0.3) is 0 Å². The first-order valence-electron chi connectivity index (χ1n) is 24.9. The van der Waals surface area contributed by atoms with E-state index in [1.54, 1.807) is 11.3 Å². The van der Waals surface area contributed by atoms with Crippen molar-refractivity contribution in [3.05, 3.63) is 329 Å². The molecule has 338 valence electrons. The molecule has 2 heteroatoms. The minimum absolute atomic E-state index is 0.467. The van der Waals surface area contributed by atoms with Crippen LogP contribution in [0.4, 0.5) is 17.1 Å². The van der Waals surface area contributed by atoms with E-state index in [1.165, 1.54) is 99.1 Å². The average Bonchev–Trinajstić information content (AvgIpc) is 4.15. The van der Waals surface area contributed by atoms with Crippen molar-refractivity contribution in [2.24, 2.45) is 0 Å². The van der Waals surface area contributed by atoms with Crippen LogP contribution in [0.15, 0.2) is 284 Å². The number of benzene rings is 11. The summed E-state index contributed by atoms with van der Waals surface area (Å²) in [5, 5.41) is 3.46. The van der Waals surface area contributed by atoms with Crippen LogP contribution < -0.4 is 4.90 Å². The summed E-state index contributed by atoms with van der Waals surface area (Å²) in [6, 6.07) is 104. The zero-order valence-corrected chi connectivity index (χ0v) is 40.3. The summed E-state index contributed by atoms with van der Waals surface area (Å²) in [5.74, 6) is 0. The summed E-state index contributed by atoms with van der Waals surface area (Å²) < 4.78 is 1.30. The van der Waals surface area contributed by atoms with Crippen molar-refractivity contribution in [2.45, 2.75) is 10.8 Å². The summed E-state index contributed by atoms with van der Waals surface area (Å²) in [6.07, 6.45) is 0. The summed E-state index contributed by atoms with van der Waals surface area (Å²) >= 11 is 1.79. The highest BCUT2D eigenvalue weighted by Gasteiger charge is 2.47. The van der Waals surface area contributed by atoms with Crippen LogP contribution in [-0.4, -0.2) is 0 Å². The Kier molecular flexibility index (Phi) is 9.91.